The van der Waals surface area contributed by atoms with E-state index in [1.165, 1.54) is 4.31 Å². The Morgan fingerprint density at radius 1 is 1.21 bits per heavy atom. The largest absolute Gasteiger partial charge is 0.462 e. The highest BCUT2D eigenvalue weighted by Gasteiger charge is 2.39. The van der Waals surface area contributed by atoms with Crippen molar-refractivity contribution in [3.8, 4) is 0 Å². The summed E-state index contributed by atoms with van der Waals surface area (Å²) in [7, 11) is -4.02. The van der Waals surface area contributed by atoms with Gasteiger partial charge in [-0.15, -0.1) is 11.8 Å². The number of esters is 1. The number of carbonyl (C=O) groups is 2. The zero-order valence-electron chi connectivity index (χ0n) is 20.4. The second-order valence-electron chi connectivity index (χ2n) is 8.26. The Kier molecular flexibility index (Phi) is 8.48. The minimum atomic E-state index is -4.02. The monoisotopic (exact) mass is 507 g/mol. The van der Waals surface area contributed by atoms with Gasteiger partial charge in [0.1, 0.15) is 10.5 Å². The Morgan fingerprint density at radius 2 is 1.94 bits per heavy atom. The van der Waals surface area contributed by atoms with E-state index in [1.54, 1.807) is 32.5 Å². The van der Waals surface area contributed by atoms with Gasteiger partial charge in [0.2, 0.25) is 15.9 Å². The Hall–Kier alpha value is -2.30. The summed E-state index contributed by atoms with van der Waals surface area (Å²) in [6.45, 7) is 8.07. The summed E-state index contributed by atoms with van der Waals surface area (Å²) in [5, 5.41) is 2.93. The Balaban J connectivity index is 1.89. The van der Waals surface area contributed by atoms with E-state index in [0.29, 0.717) is 43.0 Å². The highest BCUT2D eigenvalue weighted by molar-refractivity contribution is 7.98. The third-order valence-corrected chi connectivity index (χ3v) is 8.97. The van der Waals surface area contributed by atoms with Crippen molar-refractivity contribution in [3.63, 3.8) is 0 Å². The quantitative estimate of drug-likeness (QED) is 0.427. The van der Waals surface area contributed by atoms with E-state index >= 15 is 0 Å². The van der Waals surface area contributed by atoms with Gasteiger partial charge in [0, 0.05) is 41.6 Å². The number of benzene rings is 1. The van der Waals surface area contributed by atoms with Gasteiger partial charge in [-0.3, -0.25) is 4.79 Å². The molecule has 34 heavy (non-hydrogen) atoms. The number of anilines is 1. The van der Waals surface area contributed by atoms with Crippen molar-refractivity contribution in [2.75, 3.05) is 31.3 Å². The molecule has 3 rings (SSSR count). The van der Waals surface area contributed by atoms with Crippen molar-refractivity contribution in [2.45, 2.75) is 56.9 Å². The standard InChI is InChI=1S/C24H33N3O5S2/c1-6-27-16(3)21(24(29)32-7-2)22(17(27)4)34(30,31)26-13-9-10-18(15-26)23(28)25-19-11-8-12-20(14-19)33-5/h8,11-12,14,18H,6-7,9-10,13,15H2,1-5H3,(H,25,28)/t18-/m1/s1. The number of carbonyl (C=O) groups excluding carboxylic acids is 2. The molecular weight excluding hydrogens is 474 g/mol. The lowest BCUT2D eigenvalue weighted by Crippen LogP contribution is -2.44. The van der Waals surface area contributed by atoms with Crippen LogP contribution >= 0.6 is 11.8 Å². The number of hydrogen-bond donors (Lipinski definition) is 1. The van der Waals surface area contributed by atoms with Gasteiger partial charge in [-0.2, -0.15) is 4.31 Å². The smallest absolute Gasteiger partial charge is 0.341 e. The van der Waals surface area contributed by atoms with E-state index in [2.05, 4.69) is 5.32 Å². The summed E-state index contributed by atoms with van der Waals surface area (Å²) in [5.41, 5.74) is 1.84. The first kappa shape index (κ1) is 26.3. The minimum Gasteiger partial charge on any atom is -0.462 e. The third kappa shape index (κ3) is 5.18. The molecule has 1 saturated heterocycles. The van der Waals surface area contributed by atoms with Crippen LogP contribution in [0.1, 0.15) is 48.4 Å². The molecule has 1 aliphatic heterocycles. The van der Waals surface area contributed by atoms with E-state index in [9.17, 15) is 18.0 Å². The summed E-state index contributed by atoms with van der Waals surface area (Å²) in [6, 6.07) is 7.55. The van der Waals surface area contributed by atoms with Crippen LogP contribution in [0.2, 0.25) is 0 Å². The molecule has 1 atom stereocenters. The number of sulfonamides is 1. The summed E-state index contributed by atoms with van der Waals surface area (Å²) < 4.78 is 35.9. The van der Waals surface area contributed by atoms with Crippen LogP contribution in [-0.2, 0) is 26.1 Å². The van der Waals surface area contributed by atoms with Gasteiger partial charge >= 0.3 is 5.97 Å². The summed E-state index contributed by atoms with van der Waals surface area (Å²) in [5.74, 6) is -1.33. The first-order chi connectivity index (χ1) is 16.1. The predicted octanol–water partition coefficient (Wildman–Crippen LogP) is 4.06. The number of nitrogens with one attached hydrogen (secondary N) is 1. The van der Waals surface area contributed by atoms with Crippen molar-refractivity contribution in [1.82, 2.24) is 8.87 Å². The van der Waals surface area contributed by atoms with Crippen LogP contribution < -0.4 is 5.32 Å². The number of hydrogen-bond acceptors (Lipinski definition) is 6. The van der Waals surface area contributed by atoms with Crippen LogP contribution in [0.15, 0.2) is 34.1 Å². The topological polar surface area (TPSA) is 97.7 Å². The van der Waals surface area contributed by atoms with Crippen LogP contribution in [0.3, 0.4) is 0 Å². The maximum atomic E-state index is 13.8. The van der Waals surface area contributed by atoms with Gasteiger partial charge in [-0.05, 0) is 65.0 Å². The molecule has 1 aromatic heterocycles. The molecule has 0 saturated carbocycles. The van der Waals surface area contributed by atoms with Gasteiger partial charge in [-0.25, -0.2) is 13.2 Å². The molecule has 0 spiro atoms. The Morgan fingerprint density at radius 3 is 2.59 bits per heavy atom. The molecule has 1 aliphatic rings. The van der Waals surface area contributed by atoms with Gasteiger partial charge in [-0.1, -0.05) is 6.07 Å². The number of ether oxygens (including phenoxy) is 1. The van der Waals surface area contributed by atoms with E-state index in [4.69, 9.17) is 4.74 Å². The molecular formula is C24H33N3O5S2. The lowest BCUT2D eigenvalue weighted by atomic mass is 9.99. The molecule has 1 aromatic carbocycles. The first-order valence-corrected chi connectivity index (χ1v) is 14.1. The van der Waals surface area contributed by atoms with Gasteiger partial charge < -0.3 is 14.6 Å². The van der Waals surface area contributed by atoms with Gasteiger partial charge in [0.15, 0.2) is 0 Å². The molecule has 0 radical (unpaired) electrons. The summed E-state index contributed by atoms with van der Waals surface area (Å²) in [6.07, 6.45) is 3.12. The molecule has 2 aromatic rings. The third-order valence-electron chi connectivity index (χ3n) is 6.21. The molecule has 8 nitrogen and oxygen atoms in total. The van der Waals surface area contributed by atoms with E-state index in [0.717, 1.165) is 4.90 Å². The van der Waals surface area contributed by atoms with Crippen molar-refractivity contribution in [1.29, 1.82) is 0 Å². The number of nitrogens with zero attached hydrogens (tertiary/aromatic N) is 2. The Labute approximate surface area is 206 Å². The predicted molar refractivity (Wildman–Crippen MR) is 134 cm³/mol. The molecule has 0 aliphatic carbocycles. The molecule has 2 heterocycles. The lowest BCUT2D eigenvalue weighted by molar-refractivity contribution is -0.120. The van der Waals surface area contributed by atoms with Gasteiger partial charge in [0.05, 0.1) is 12.5 Å². The molecule has 186 valence electrons. The number of rotatable bonds is 8. The summed E-state index contributed by atoms with van der Waals surface area (Å²) in [4.78, 5) is 26.7. The summed E-state index contributed by atoms with van der Waals surface area (Å²) >= 11 is 1.58. The molecule has 1 fully saturated rings. The highest BCUT2D eigenvalue weighted by Crippen LogP contribution is 2.33. The zero-order valence-corrected chi connectivity index (χ0v) is 22.0. The molecule has 1 amide bonds. The fourth-order valence-electron chi connectivity index (χ4n) is 4.54. The van der Waals surface area contributed by atoms with Crippen LogP contribution in [0.5, 0.6) is 0 Å². The second-order valence-corrected chi connectivity index (χ2v) is 11.0. The van der Waals surface area contributed by atoms with Crippen LogP contribution in [0.25, 0.3) is 0 Å². The fourth-order valence-corrected chi connectivity index (χ4v) is 6.97. The van der Waals surface area contributed by atoms with Crippen LogP contribution in [-0.4, -0.2) is 55.1 Å². The maximum absolute atomic E-state index is 13.8. The number of piperidine rings is 1. The average Bonchev–Trinajstić information content (AvgIpc) is 3.09. The molecule has 10 heteroatoms. The zero-order chi connectivity index (χ0) is 25.0. The van der Waals surface area contributed by atoms with E-state index in [-0.39, 0.29) is 29.5 Å². The fraction of sp³-hybridized carbons (Fsp3) is 0.500. The van der Waals surface area contributed by atoms with Crippen LogP contribution in [0.4, 0.5) is 5.69 Å². The Bertz CT molecular complexity index is 1170. The van der Waals surface area contributed by atoms with Crippen molar-refractivity contribution >= 4 is 39.3 Å². The molecule has 1 N–H and O–H groups in total. The lowest BCUT2D eigenvalue weighted by Gasteiger charge is -2.31. The van der Waals surface area contributed by atoms with Crippen molar-refractivity contribution in [3.05, 3.63) is 41.2 Å². The molecule has 0 bridgehead atoms. The normalized spacial score (nSPS) is 16.9. The van der Waals surface area contributed by atoms with Crippen molar-refractivity contribution in [2.24, 2.45) is 5.92 Å². The van der Waals surface area contributed by atoms with Crippen molar-refractivity contribution < 1.29 is 22.7 Å². The van der Waals surface area contributed by atoms with E-state index < -0.39 is 21.9 Å². The maximum Gasteiger partial charge on any atom is 0.341 e. The number of aromatic nitrogens is 1. The van der Waals surface area contributed by atoms with Gasteiger partial charge in [0.25, 0.3) is 0 Å². The first-order valence-electron chi connectivity index (χ1n) is 11.5. The SMILES string of the molecule is CCOC(=O)c1c(S(=O)(=O)N2CCC[C@@H](C(=O)Nc3cccc(SC)c3)C2)c(C)n(CC)c1C. The minimum absolute atomic E-state index is 0.0148. The molecule has 0 unspecified atom stereocenters. The van der Waals surface area contributed by atoms with Crippen LogP contribution in [0, 0.1) is 19.8 Å². The van der Waals surface area contributed by atoms with E-state index in [1.807, 2.05) is 42.0 Å². The number of amides is 1. The number of thioether (sulfide) groups is 1. The highest BCUT2D eigenvalue weighted by atomic mass is 32.2. The second kappa shape index (κ2) is 11.0. The average molecular weight is 508 g/mol.